The van der Waals surface area contributed by atoms with Gasteiger partial charge < -0.3 is 4.74 Å². The van der Waals surface area contributed by atoms with E-state index < -0.39 is 0 Å². The number of ether oxygens (including phenoxy) is 1. The molecule has 0 spiro atoms. The van der Waals surface area contributed by atoms with E-state index in [4.69, 9.17) is 4.74 Å². The Hall–Kier alpha value is -2.72. The summed E-state index contributed by atoms with van der Waals surface area (Å²) in [7, 11) is 0. The molecular weight excluding hydrogens is 320 g/mol. The van der Waals surface area contributed by atoms with Crippen molar-refractivity contribution in [3.05, 3.63) is 88.1 Å². The molecule has 3 rings (SSSR count). The molecule has 0 saturated carbocycles. The molecule has 24 heavy (non-hydrogen) atoms. The molecule has 2 aromatic carbocycles. The molecule has 0 amide bonds. The van der Waals surface area contributed by atoms with Gasteiger partial charge in [0.1, 0.15) is 5.75 Å². The second-order valence-electron chi connectivity index (χ2n) is 5.33. The molecular formula is C20H16O3S. The van der Waals surface area contributed by atoms with Crippen LogP contribution in [0.3, 0.4) is 0 Å². The lowest BCUT2D eigenvalue weighted by Crippen LogP contribution is -2.09. The van der Waals surface area contributed by atoms with Crippen LogP contribution in [0.25, 0.3) is 0 Å². The zero-order valence-corrected chi connectivity index (χ0v) is 13.8. The number of benzene rings is 2. The van der Waals surface area contributed by atoms with Gasteiger partial charge in [-0.1, -0.05) is 30.3 Å². The van der Waals surface area contributed by atoms with Gasteiger partial charge >= 0.3 is 5.97 Å². The molecule has 1 aromatic heterocycles. The number of esters is 1. The third-order valence-corrected chi connectivity index (χ3v) is 4.31. The number of carbonyl (C=O) groups excluding carboxylic acids is 2. The van der Waals surface area contributed by atoms with Gasteiger partial charge in [-0.15, -0.1) is 0 Å². The Morgan fingerprint density at radius 2 is 1.58 bits per heavy atom. The molecule has 4 heteroatoms. The SMILES string of the molecule is O=C(CCc1ccsc1)Oc1ccc(C(=O)c2ccccc2)cc1. The maximum Gasteiger partial charge on any atom is 0.311 e. The van der Waals surface area contributed by atoms with E-state index in [-0.39, 0.29) is 11.8 Å². The van der Waals surface area contributed by atoms with Crippen LogP contribution in [0.2, 0.25) is 0 Å². The van der Waals surface area contributed by atoms with E-state index >= 15 is 0 Å². The van der Waals surface area contributed by atoms with E-state index in [1.807, 2.05) is 35.0 Å². The fourth-order valence-electron chi connectivity index (χ4n) is 2.29. The van der Waals surface area contributed by atoms with Crippen molar-refractivity contribution in [2.45, 2.75) is 12.8 Å². The van der Waals surface area contributed by atoms with Gasteiger partial charge in [0, 0.05) is 11.1 Å². The molecule has 0 bridgehead atoms. The second-order valence-corrected chi connectivity index (χ2v) is 6.11. The first-order valence-electron chi connectivity index (χ1n) is 7.64. The van der Waals surface area contributed by atoms with Crippen molar-refractivity contribution >= 4 is 23.1 Å². The summed E-state index contributed by atoms with van der Waals surface area (Å²) in [4.78, 5) is 24.2. The number of hydrogen-bond donors (Lipinski definition) is 0. The van der Waals surface area contributed by atoms with Crippen molar-refractivity contribution < 1.29 is 14.3 Å². The summed E-state index contributed by atoms with van der Waals surface area (Å²) in [6.07, 6.45) is 1.01. The molecule has 0 saturated heterocycles. The van der Waals surface area contributed by atoms with Gasteiger partial charge in [0.15, 0.2) is 5.78 Å². The fourth-order valence-corrected chi connectivity index (χ4v) is 3.00. The Balaban J connectivity index is 1.58. The van der Waals surface area contributed by atoms with Crippen LogP contribution in [-0.2, 0) is 11.2 Å². The number of aryl methyl sites for hydroxylation is 1. The Kier molecular flexibility index (Phi) is 5.18. The topological polar surface area (TPSA) is 43.4 Å². The van der Waals surface area contributed by atoms with E-state index in [0.29, 0.717) is 29.7 Å². The van der Waals surface area contributed by atoms with E-state index in [1.165, 1.54) is 0 Å². The number of ketones is 1. The zero-order chi connectivity index (χ0) is 16.8. The van der Waals surface area contributed by atoms with Gasteiger partial charge in [0.2, 0.25) is 0 Å². The third kappa shape index (κ3) is 4.18. The summed E-state index contributed by atoms with van der Waals surface area (Å²) in [6, 6.07) is 17.7. The summed E-state index contributed by atoms with van der Waals surface area (Å²) >= 11 is 1.61. The predicted octanol–water partition coefficient (Wildman–Crippen LogP) is 4.52. The number of rotatable bonds is 6. The van der Waals surface area contributed by atoms with Crippen LogP contribution in [0, 0.1) is 0 Å². The highest BCUT2D eigenvalue weighted by Crippen LogP contribution is 2.16. The molecule has 0 radical (unpaired) electrons. The molecule has 0 N–H and O–H groups in total. The highest BCUT2D eigenvalue weighted by atomic mass is 32.1. The Morgan fingerprint density at radius 3 is 2.25 bits per heavy atom. The van der Waals surface area contributed by atoms with Crippen LogP contribution in [0.15, 0.2) is 71.4 Å². The monoisotopic (exact) mass is 336 g/mol. The van der Waals surface area contributed by atoms with Crippen molar-refractivity contribution in [3.63, 3.8) is 0 Å². The second kappa shape index (κ2) is 7.70. The van der Waals surface area contributed by atoms with Gasteiger partial charge in [0.05, 0.1) is 6.42 Å². The lowest BCUT2D eigenvalue weighted by Gasteiger charge is -2.05. The minimum Gasteiger partial charge on any atom is -0.427 e. The van der Waals surface area contributed by atoms with Crippen molar-refractivity contribution in [1.29, 1.82) is 0 Å². The Morgan fingerprint density at radius 1 is 0.875 bits per heavy atom. The summed E-state index contributed by atoms with van der Waals surface area (Å²) in [5.74, 6) is 0.129. The first-order chi connectivity index (χ1) is 11.7. The molecule has 0 aliphatic heterocycles. The van der Waals surface area contributed by atoms with Crippen LogP contribution in [0.1, 0.15) is 27.9 Å². The molecule has 3 nitrogen and oxygen atoms in total. The van der Waals surface area contributed by atoms with Gasteiger partial charge in [-0.3, -0.25) is 9.59 Å². The van der Waals surface area contributed by atoms with Crippen LogP contribution >= 0.6 is 11.3 Å². The largest absolute Gasteiger partial charge is 0.427 e. The number of hydrogen-bond acceptors (Lipinski definition) is 4. The summed E-state index contributed by atoms with van der Waals surface area (Å²) in [5, 5.41) is 4.01. The lowest BCUT2D eigenvalue weighted by atomic mass is 10.0. The minimum absolute atomic E-state index is 0.0501. The number of thiophene rings is 1. The maximum atomic E-state index is 12.3. The van der Waals surface area contributed by atoms with Gasteiger partial charge in [-0.05, 0) is 53.1 Å². The summed E-state index contributed by atoms with van der Waals surface area (Å²) in [6.45, 7) is 0. The van der Waals surface area contributed by atoms with Gasteiger partial charge in [-0.2, -0.15) is 11.3 Å². The standard InChI is InChI=1S/C20H16O3S/c21-19(11-6-15-12-13-24-14-15)23-18-9-7-17(8-10-18)20(22)16-4-2-1-3-5-16/h1-5,7-10,12-14H,6,11H2. The first kappa shape index (κ1) is 16.1. The Labute approximate surface area is 144 Å². The maximum absolute atomic E-state index is 12.3. The quantitative estimate of drug-likeness (QED) is 0.378. The van der Waals surface area contributed by atoms with Crippen LogP contribution in [-0.4, -0.2) is 11.8 Å². The van der Waals surface area contributed by atoms with E-state index in [2.05, 4.69) is 0 Å². The summed E-state index contributed by atoms with van der Waals surface area (Å²) in [5.41, 5.74) is 2.35. The van der Waals surface area contributed by atoms with Crippen LogP contribution < -0.4 is 4.74 Å². The molecule has 0 fully saturated rings. The molecule has 0 aliphatic carbocycles. The molecule has 0 atom stereocenters. The number of carbonyl (C=O) groups is 2. The van der Waals surface area contributed by atoms with Crippen LogP contribution in [0.5, 0.6) is 5.75 Å². The van der Waals surface area contributed by atoms with Crippen molar-refractivity contribution in [2.75, 3.05) is 0 Å². The van der Waals surface area contributed by atoms with E-state index in [9.17, 15) is 9.59 Å². The predicted molar refractivity (Wildman–Crippen MR) is 94.6 cm³/mol. The molecule has 1 heterocycles. The Bertz CT molecular complexity index is 806. The van der Waals surface area contributed by atoms with Gasteiger partial charge in [0.25, 0.3) is 0 Å². The normalized spacial score (nSPS) is 10.3. The minimum atomic E-state index is -0.275. The van der Waals surface area contributed by atoms with E-state index in [1.54, 1.807) is 47.7 Å². The van der Waals surface area contributed by atoms with Crippen molar-refractivity contribution in [1.82, 2.24) is 0 Å². The molecule has 3 aromatic rings. The highest BCUT2D eigenvalue weighted by Gasteiger charge is 2.10. The van der Waals surface area contributed by atoms with Crippen molar-refractivity contribution in [3.8, 4) is 5.75 Å². The molecule has 0 unspecified atom stereocenters. The highest BCUT2D eigenvalue weighted by molar-refractivity contribution is 7.07. The van der Waals surface area contributed by atoms with Crippen LogP contribution in [0.4, 0.5) is 0 Å². The first-order valence-corrected chi connectivity index (χ1v) is 8.58. The zero-order valence-electron chi connectivity index (χ0n) is 13.0. The lowest BCUT2D eigenvalue weighted by molar-refractivity contribution is -0.134. The smallest absolute Gasteiger partial charge is 0.311 e. The fraction of sp³-hybridized carbons (Fsp3) is 0.100. The average Bonchev–Trinajstić information content (AvgIpc) is 3.14. The molecule has 120 valence electrons. The molecule has 0 aliphatic rings. The average molecular weight is 336 g/mol. The third-order valence-electron chi connectivity index (χ3n) is 3.58. The summed E-state index contributed by atoms with van der Waals surface area (Å²) < 4.78 is 5.31. The van der Waals surface area contributed by atoms with Gasteiger partial charge in [-0.25, -0.2) is 0 Å². The van der Waals surface area contributed by atoms with E-state index in [0.717, 1.165) is 5.56 Å². The van der Waals surface area contributed by atoms with Crippen molar-refractivity contribution in [2.24, 2.45) is 0 Å².